The van der Waals surface area contributed by atoms with Crippen LogP contribution in [-0.2, 0) is 18.0 Å². The predicted octanol–water partition coefficient (Wildman–Crippen LogP) is 3.90. The quantitative estimate of drug-likeness (QED) is 0.287. The molecule has 162 valence electrons. The van der Waals surface area contributed by atoms with Gasteiger partial charge in [-0.05, 0) is 43.7 Å². The molecule has 0 aliphatic heterocycles. The fraction of sp³-hybridized carbons (Fsp3) is 0.217. The summed E-state index contributed by atoms with van der Waals surface area (Å²) in [5.41, 5.74) is 4.63. The number of aryl methyl sites for hydroxylation is 1. The van der Waals surface area contributed by atoms with Crippen molar-refractivity contribution >= 4 is 22.9 Å². The summed E-state index contributed by atoms with van der Waals surface area (Å²) in [7, 11) is 1.62. The highest BCUT2D eigenvalue weighted by Gasteiger charge is 2.18. The van der Waals surface area contributed by atoms with Gasteiger partial charge in [-0.15, -0.1) is 5.10 Å². The number of furan rings is 1. The molecule has 0 atom stereocenters. The topological polar surface area (TPSA) is 92.0 Å². The fourth-order valence-corrected chi connectivity index (χ4v) is 3.75. The maximum Gasteiger partial charge on any atom is 0.192 e. The first-order valence-electron chi connectivity index (χ1n) is 10.2. The Morgan fingerprint density at radius 1 is 1.12 bits per heavy atom. The third kappa shape index (κ3) is 3.47. The Morgan fingerprint density at radius 3 is 2.81 bits per heavy atom. The number of para-hydroxylation sites is 1. The van der Waals surface area contributed by atoms with E-state index in [2.05, 4.69) is 38.6 Å². The first-order chi connectivity index (χ1) is 15.7. The third-order valence-corrected chi connectivity index (χ3v) is 5.48. The lowest BCUT2D eigenvalue weighted by Gasteiger charge is -2.05. The monoisotopic (exact) mass is 430 g/mol. The number of methoxy groups -OCH3 is 1. The van der Waals surface area contributed by atoms with Crippen molar-refractivity contribution in [3.8, 4) is 5.75 Å². The molecule has 9 heteroatoms. The normalized spacial score (nSPS) is 11.7. The second-order valence-corrected chi connectivity index (χ2v) is 7.37. The van der Waals surface area contributed by atoms with Gasteiger partial charge in [0.2, 0.25) is 0 Å². The molecule has 0 aliphatic rings. The minimum atomic E-state index is 0.139. The lowest BCUT2D eigenvalue weighted by molar-refractivity contribution is 0.126. The van der Waals surface area contributed by atoms with E-state index < -0.39 is 0 Å². The maximum absolute atomic E-state index is 5.52. The van der Waals surface area contributed by atoms with Crippen molar-refractivity contribution in [2.24, 2.45) is 5.16 Å². The Hall–Kier alpha value is -4.14. The molecule has 9 nitrogen and oxygen atoms in total. The van der Waals surface area contributed by atoms with Gasteiger partial charge in [0, 0.05) is 11.3 Å². The van der Waals surface area contributed by atoms with Gasteiger partial charge in [0.1, 0.15) is 23.5 Å². The van der Waals surface area contributed by atoms with E-state index in [0.717, 1.165) is 45.0 Å². The molecule has 5 rings (SSSR count). The van der Waals surface area contributed by atoms with E-state index in [0.29, 0.717) is 12.4 Å². The smallest absolute Gasteiger partial charge is 0.192 e. The number of oxime groups is 1. The number of hydrogen-bond donors (Lipinski definition) is 0. The van der Waals surface area contributed by atoms with Crippen molar-refractivity contribution < 1.29 is 14.0 Å². The second kappa shape index (κ2) is 8.18. The Labute approximate surface area is 183 Å². The van der Waals surface area contributed by atoms with E-state index in [1.165, 1.54) is 0 Å². The van der Waals surface area contributed by atoms with Gasteiger partial charge in [-0.1, -0.05) is 17.3 Å². The van der Waals surface area contributed by atoms with Crippen molar-refractivity contribution in [1.29, 1.82) is 0 Å². The number of fused-ring (bicyclic) bond motifs is 3. The zero-order valence-corrected chi connectivity index (χ0v) is 18.0. The molecule has 5 aromatic rings. The minimum absolute atomic E-state index is 0.139. The van der Waals surface area contributed by atoms with Crippen molar-refractivity contribution in [3.05, 3.63) is 77.4 Å². The van der Waals surface area contributed by atoms with E-state index in [1.807, 2.05) is 36.4 Å². The highest BCUT2D eigenvalue weighted by atomic mass is 16.6. The molecule has 0 aliphatic carbocycles. The van der Waals surface area contributed by atoms with Gasteiger partial charge in [-0.3, -0.25) is 0 Å². The third-order valence-electron chi connectivity index (χ3n) is 5.48. The molecule has 1 aromatic carbocycles. The summed E-state index contributed by atoms with van der Waals surface area (Å²) >= 11 is 0. The Morgan fingerprint density at radius 2 is 2.00 bits per heavy atom. The number of rotatable bonds is 7. The molecule has 0 saturated carbocycles. The summed E-state index contributed by atoms with van der Waals surface area (Å²) in [5.74, 6) is 2.12. The largest absolute Gasteiger partial charge is 0.496 e. The molecule has 0 fully saturated rings. The van der Waals surface area contributed by atoms with Crippen LogP contribution in [0.5, 0.6) is 5.75 Å². The summed E-state index contributed by atoms with van der Waals surface area (Å²) in [4.78, 5) is 14.8. The van der Waals surface area contributed by atoms with E-state index in [9.17, 15) is 0 Å². The van der Waals surface area contributed by atoms with Gasteiger partial charge in [0.05, 0.1) is 31.5 Å². The highest BCUT2D eigenvalue weighted by molar-refractivity contribution is 5.93. The maximum atomic E-state index is 5.52. The molecule has 0 N–H and O–H groups in total. The van der Waals surface area contributed by atoms with Crippen LogP contribution in [0.25, 0.3) is 16.7 Å². The van der Waals surface area contributed by atoms with E-state index in [-0.39, 0.29) is 6.61 Å². The van der Waals surface area contributed by atoms with E-state index >= 15 is 0 Å². The van der Waals surface area contributed by atoms with Gasteiger partial charge in [-0.2, -0.15) is 0 Å². The van der Waals surface area contributed by atoms with Gasteiger partial charge in [0.25, 0.3) is 0 Å². The lowest BCUT2D eigenvalue weighted by atomic mass is 10.2. The Bertz CT molecular complexity index is 1420. The minimum Gasteiger partial charge on any atom is -0.496 e. The molecule has 0 spiro atoms. The zero-order valence-electron chi connectivity index (χ0n) is 18.0. The first kappa shape index (κ1) is 19.8. The summed E-state index contributed by atoms with van der Waals surface area (Å²) in [5, 5.41) is 9.49. The van der Waals surface area contributed by atoms with Crippen molar-refractivity contribution in [2.75, 3.05) is 7.11 Å². The fourth-order valence-electron chi connectivity index (χ4n) is 3.75. The highest BCUT2D eigenvalue weighted by Crippen LogP contribution is 2.27. The summed E-state index contributed by atoms with van der Waals surface area (Å²) < 4.78 is 14.6. The molecule has 0 saturated heterocycles. The van der Waals surface area contributed by atoms with Crippen LogP contribution in [0.3, 0.4) is 0 Å². The van der Waals surface area contributed by atoms with Crippen molar-refractivity contribution in [2.45, 2.75) is 27.0 Å². The molecule has 0 radical (unpaired) electrons. The Kier molecular flexibility index (Phi) is 5.06. The van der Waals surface area contributed by atoms with Crippen LogP contribution in [0.15, 0.2) is 58.6 Å². The molecular formula is C23H22N6O3. The molecular weight excluding hydrogens is 408 g/mol. The SMILES string of the molecule is COc1ccccc1C=NOCc1nc2c3c(C)c(C)n(Cc4ccco4)c3ncn2n1. The number of benzene rings is 1. The molecule has 32 heavy (non-hydrogen) atoms. The zero-order chi connectivity index (χ0) is 22.1. The van der Waals surface area contributed by atoms with Gasteiger partial charge in [-0.25, -0.2) is 14.5 Å². The van der Waals surface area contributed by atoms with Gasteiger partial charge >= 0.3 is 0 Å². The number of ether oxygens (including phenoxy) is 1. The predicted molar refractivity (Wildman–Crippen MR) is 119 cm³/mol. The molecule has 0 unspecified atom stereocenters. The number of nitrogens with zero attached hydrogens (tertiary/aromatic N) is 6. The van der Waals surface area contributed by atoms with Gasteiger partial charge < -0.3 is 18.6 Å². The molecule has 4 heterocycles. The van der Waals surface area contributed by atoms with Crippen LogP contribution >= 0.6 is 0 Å². The summed E-state index contributed by atoms with van der Waals surface area (Å²) in [6.07, 6.45) is 4.95. The van der Waals surface area contributed by atoms with Crippen LogP contribution in [0, 0.1) is 13.8 Å². The lowest BCUT2D eigenvalue weighted by Crippen LogP contribution is -2.02. The van der Waals surface area contributed by atoms with Crippen molar-refractivity contribution in [3.63, 3.8) is 0 Å². The standard InChI is InChI=1S/C23H22N6O3/c1-15-16(2)28(12-18-8-6-10-31-18)22-21(15)23-26-20(27-29(23)14-24-22)13-32-25-11-17-7-4-5-9-19(17)30-3/h4-11,14H,12-13H2,1-3H3. The summed E-state index contributed by atoms with van der Waals surface area (Å²) in [6.45, 7) is 4.89. The van der Waals surface area contributed by atoms with Crippen LogP contribution in [-0.4, -0.2) is 37.5 Å². The average molecular weight is 430 g/mol. The van der Waals surface area contributed by atoms with Gasteiger partial charge in [0.15, 0.2) is 18.1 Å². The Balaban J connectivity index is 1.41. The van der Waals surface area contributed by atoms with Crippen LogP contribution in [0.1, 0.15) is 28.4 Å². The first-order valence-corrected chi connectivity index (χ1v) is 10.2. The number of hydrogen-bond acceptors (Lipinski definition) is 7. The van der Waals surface area contributed by atoms with E-state index in [4.69, 9.17) is 14.0 Å². The van der Waals surface area contributed by atoms with Crippen LogP contribution in [0.4, 0.5) is 0 Å². The van der Waals surface area contributed by atoms with Crippen LogP contribution in [0.2, 0.25) is 0 Å². The number of aromatic nitrogens is 5. The van der Waals surface area contributed by atoms with E-state index in [1.54, 1.807) is 30.4 Å². The average Bonchev–Trinajstić information content (AvgIpc) is 3.53. The molecule has 4 aromatic heterocycles. The molecule has 0 amide bonds. The van der Waals surface area contributed by atoms with Crippen molar-refractivity contribution in [1.82, 2.24) is 24.1 Å². The molecule has 0 bridgehead atoms. The summed E-state index contributed by atoms with van der Waals surface area (Å²) in [6, 6.07) is 11.4. The van der Waals surface area contributed by atoms with Crippen LogP contribution < -0.4 is 4.74 Å². The second-order valence-electron chi connectivity index (χ2n) is 7.37.